The van der Waals surface area contributed by atoms with E-state index in [0.29, 0.717) is 6.07 Å². The minimum absolute atomic E-state index is 0.0740. The number of benzene rings is 1. The highest BCUT2D eigenvalue weighted by molar-refractivity contribution is 5.84. The quantitative estimate of drug-likeness (QED) is 0.851. The van der Waals surface area contributed by atoms with Gasteiger partial charge in [0.2, 0.25) is 11.1 Å². The van der Waals surface area contributed by atoms with Gasteiger partial charge in [0.05, 0.1) is 0 Å². The molecule has 0 atom stereocenters. The first-order valence-electron chi connectivity index (χ1n) is 5.31. The molecule has 0 fully saturated rings. The van der Waals surface area contributed by atoms with E-state index < -0.39 is 40.2 Å². The van der Waals surface area contributed by atoms with Crippen LogP contribution in [0.25, 0.3) is 5.69 Å². The third-order valence-electron chi connectivity index (χ3n) is 2.55. The highest BCUT2D eigenvalue weighted by Crippen LogP contribution is 2.19. The second-order valence-electron chi connectivity index (χ2n) is 3.91. The Morgan fingerprint density at radius 2 is 1.90 bits per heavy atom. The maximum absolute atomic E-state index is 13.7. The SMILES string of the molecule is Cc1cc(=O)c(C(=O)O)nn1-c1ccc(F)c(F)c1F. The number of aromatic nitrogens is 2. The van der Waals surface area contributed by atoms with Crippen LogP contribution in [0.3, 0.4) is 0 Å². The van der Waals surface area contributed by atoms with Gasteiger partial charge in [0, 0.05) is 11.8 Å². The van der Waals surface area contributed by atoms with Gasteiger partial charge in [0.15, 0.2) is 17.5 Å². The Balaban J connectivity index is 2.77. The molecule has 1 N–H and O–H groups in total. The molecule has 104 valence electrons. The number of carbonyl (C=O) groups is 1. The second-order valence-corrected chi connectivity index (χ2v) is 3.91. The van der Waals surface area contributed by atoms with Crippen molar-refractivity contribution in [2.24, 2.45) is 0 Å². The van der Waals surface area contributed by atoms with E-state index in [1.165, 1.54) is 6.92 Å². The summed E-state index contributed by atoms with van der Waals surface area (Å²) in [5.41, 5.74) is -2.14. The molecule has 1 heterocycles. The number of hydrogen-bond acceptors (Lipinski definition) is 3. The number of rotatable bonds is 2. The van der Waals surface area contributed by atoms with Crippen LogP contribution >= 0.6 is 0 Å². The van der Waals surface area contributed by atoms with Crippen molar-refractivity contribution >= 4 is 5.97 Å². The predicted octanol–water partition coefficient (Wildman–Crippen LogP) is 1.66. The van der Waals surface area contributed by atoms with Gasteiger partial charge in [-0.2, -0.15) is 5.10 Å². The first-order valence-corrected chi connectivity index (χ1v) is 5.31. The normalized spacial score (nSPS) is 10.6. The van der Waals surface area contributed by atoms with Crippen molar-refractivity contribution in [2.75, 3.05) is 0 Å². The zero-order valence-corrected chi connectivity index (χ0v) is 10.0. The van der Waals surface area contributed by atoms with Crippen LogP contribution in [0.5, 0.6) is 0 Å². The number of carboxylic acids is 1. The summed E-state index contributed by atoms with van der Waals surface area (Å²) < 4.78 is 40.4. The lowest BCUT2D eigenvalue weighted by molar-refractivity contribution is 0.0686. The van der Waals surface area contributed by atoms with Crippen LogP contribution in [0.15, 0.2) is 23.0 Å². The van der Waals surface area contributed by atoms with Crippen molar-refractivity contribution < 1.29 is 23.1 Å². The number of carboxylic acid groups (broad SMARTS) is 1. The highest BCUT2D eigenvalue weighted by Gasteiger charge is 2.19. The van der Waals surface area contributed by atoms with Gasteiger partial charge >= 0.3 is 5.97 Å². The van der Waals surface area contributed by atoms with Crippen LogP contribution < -0.4 is 5.43 Å². The van der Waals surface area contributed by atoms with E-state index in [4.69, 9.17) is 5.11 Å². The van der Waals surface area contributed by atoms with E-state index in [0.717, 1.165) is 16.8 Å². The summed E-state index contributed by atoms with van der Waals surface area (Å²) in [6.45, 7) is 1.35. The maximum atomic E-state index is 13.7. The van der Waals surface area contributed by atoms with Gasteiger partial charge < -0.3 is 5.11 Å². The molecule has 0 amide bonds. The average molecular weight is 284 g/mol. The first kappa shape index (κ1) is 13.8. The van der Waals surface area contributed by atoms with Gasteiger partial charge in [0.1, 0.15) is 5.69 Å². The fourth-order valence-corrected chi connectivity index (χ4v) is 1.62. The van der Waals surface area contributed by atoms with Gasteiger partial charge in [-0.15, -0.1) is 0 Å². The molecule has 0 aliphatic heterocycles. The van der Waals surface area contributed by atoms with E-state index in [1.807, 2.05) is 0 Å². The van der Waals surface area contributed by atoms with Gasteiger partial charge in [0.25, 0.3) is 0 Å². The summed E-state index contributed by atoms with van der Waals surface area (Å²) in [5.74, 6) is -6.23. The molecule has 0 spiro atoms. The minimum Gasteiger partial charge on any atom is -0.476 e. The first-order chi connectivity index (χ1) is 9.32. The van der Waals surface area contributed by atoms with Crippen molar-refractivity contribution in [3.63, 3.8) is 0 Å². The largest absolute Gasteiger partial charge is 0.476 e. The Hall–Kier alpha value is -2.64. The van der Waals surface area contributed by atoms with E-state index >= 15 is 0 Å². The Bertz CT molecular complexity index is 771. The highest BCUT2D eigenvalue weighted by atomic mass is 19.2. The summed E-state index contributed by atoms with van der Waals surface area (Å²) in [6, 6.07) is 2.48. The van der Waals surface area contributed by atoms with Gasteiger partial charge in [-0.05, 0) is 19.1 Å². The third-order valence-corrected chi connectivity index (χ3v) is 2.55. The lowest BCUT2D eigenvalue weighted by Gasteiger charge is -2.11. The molecule has 1 aromatic heterocycles. The summed E-state index contributed by atoms with van der Waals surface area (Å²) >= 11 is 0. The van der Waals surface area contributed by atoms with Crippen molar-refractivity contribution in [1.82, 2.24) is 9.78 Å². The summed E-state index contributed by atoms with van der Waals surface area (Å²) in [7, 11) is 0. The molecule has 5 nitrogen and oxygen atoms in total. The lowest BCUT2D eigenvalue weighted by Crippen LogP contribution is -2.23. The molecule has 0 aliphatic rings. The smallest absolute Gasteiger partial charge is 0.360 e. The molecule has 2 aromatic rings. The van der Waals surface area contributed by atoms with Crippen LogP contribution in [0.1, 0.15) is 16.2 Å². The van der Waals surface area contributed by atoms with Crippen LogP contribution in [0.2, 0.25) is 0 Å². The summed E-state index contributed by atoms with van der Waals surface area (Å²) in [4.78, 5) is 22.2. The van der Waals surface area contributed by atoms with Crippen LogP contribution in [0, 0.1) is 24.4 Å². The Morgan fingerprint density at radius 1 is 1.25 bits per heavy atom. The molecule has 2 rings (SSSR count). The molecular weight excluding hydrogens is 277 g/mol. The summed E-state index contributed by atoms with van der Waals surface area (Å²) in [5, 5.41) is 12.2. The van der Waals surface area contributed by atoms with Crippen molar-refractivity contribution in [1.29, 1.82) is 0 Å². The monoisotopic (exact) mass is 284 g/mol. The zero-order valence-electron chi connectivity index (χ0n) is 10.0. The van der Waals surface area contributed by atoms with E-state index in [9.17, 15) is 22.8 Å². The maximum Gasteiger partial charge on any atom is 0.360 e. The molecule has 0 radical (unpaired) electrons. The van der Waals surface area contributed by atoms with Crippen molar-refractivity contribution in [2.45, 2.75) is 6.92 Å². The number of aryl methyl sites for hydroxylation is 1. The molecule has 0 bridgehead atoms. The molecule has 0 unspecified atom stereocenters. The number of hydrogen-bond donors (Lipinski definition) is 1. The molecule has 0 aliphatic carbocycles. The van der Waals surface area contributed by atoms with Gasteiger partial charge in [-0.1, -0.05) is 0 Å². The molecule has 0 saturated heterocycles. The van der Waals surface area contributed by atoms with Crippen molar-refractivity contribution in [3.05, 3.63) is 57.3 Å². The van der Waals surface area contributed by atoms with E-state index in [2.05, 4.69) is 5.10 Å². The second kappa shape index (κ2) is 4.80. The number of nitrogens with zero attached hydrogens (tertiary/aromatic N) is 2. The Morgan fingerprint density at radius 3 is 2.50 bits per heavy atom. The summed E-state index contributed by atoms with van der Waals surface area (Å²) in [6.07, 6.45) is 0. The molecular formula is C12H7F3N2O3. The van der Waals surface area contributed by atoms with Crippen LogP contribution in [-0.4, -0.2) is 20.9 Å². The standard InChI is InChI=1S/C12H7F3N2O3/c1-5-4-8(18)11(12(19)20)16-17(5)7-3-2-6(13)9(14)10(7)15/h2-4H,1H3,(H,19,20). The topological polar surface area (TPSA) is 72.2 Å². The fraction of sp³-hybridized carbons (Fsp3) is 0.0833. The molecule has 20 heavy (non-hydrogen) atoms. The zero-order chi connectivity index (χ0) is 15.0. The van der Waals surface area contributed by atoms with Crippen molar-refractivity contribution in [3.8, 4) is 5.69 Å². The van der Waals surface area contributed by atoms with Gasteiger partial charge in [-0.3, -0.25) is 4.79 Å². The molecule has 1 aromatic carbocycles. The molecule has 0 saturated carbocycles. The Labute approximate surface area is 109 Å². The Kier molecular flexibility index (Phi) is 3.31. The van der Waals surface area contributed by atoms with E-state index in [-0.39, 0.29) is 5.69 Å². The average Bonchev–Trinajstić information content (AvgIpc) is 2.37. The van der Waals surface area contributed by atoms with Crippen LogP contribution in [-0.2, 0) is 0 Å². The predicted molar refractivity (Wildman–Crippen MR) is 61.4 cm³/mol. The minimum atomic E-state index is -1.71. The lowest BCUT2D eigenvalue weighted by atomic mass is 10.2. The van der Waals surface area contributed by atoms with E-state index in [1.54, 1.807) is 0 Å². The number of aromatic carboxylic acids is 1. The van der Waals surface area contributed by atoms with Crippen LogP contribution in [0.4, 0.5) is 13.2 Å². The number of halogens is 3. The molecule has 8 heteroatoms. The van der Waals surface area contributed by atoms with Gasteiger partial charge in [-0.25, -0.2) is 22.6 Å². The fourth-order valence-electron chi connectivity index (χ4n) is 1.62. The third kappa shape index (κ3) is 2.15.